The zero-order valence-corrected chi connectivity index (χ0v) is 21.8. The van der Waals surface area contributed by atoms with E-state index in [4.69, 9.17) is 11.5 Å². The molecular formula is C31H31FN6O. The van der Waals surface area contributed by atoms with Crippen LogP contribution in [-0.4, -0.2) is 15.7 Å². The maximum atomic E-state index is 15.1. The molecule has 5 rings (SSSR count). The number of amides is 1. The minimum absolute atomic E-state index is 0.0357. The molecule has 39 heavy (non-hydrogen) atoms. The van der Waals surface area contributed by atoms with Gasteiger partial charge in [0.2, 0.25) is 0 Å². The number of carbonyl (C=O) groups excluding carboxylic acids is 1. The molecule has 7 nitrogen and oxygen atoms in total. The minimum atomic E-state index is -0.912. The van der Waals surface area contributed by atoms with Gasteiger partial charge < -0.3 is 16.8 Å². The van der Waals surface area contributed by atoms with E-state index in [0.717, 1.165) is 17.5 Å². The fourth-order valence-electron chi connectivity index (χ4n) is 4.89. The van der Waals surface area contributed by atoms with Crippen LogP contribution in [0.5, 0.6) is 0 Å². The summed E-state index contributed by atoms with van der Waals surface area (Å²) in [5.74, 6) is -0.416. The molecule has 8 heteroatoms. The van der Waals surface area contributed by atoms with Gasteiger partial charge in [0.05, 0.1) is 34.2 Å². The molecule has 0 aliphatic heterocycles. The van der Waals surface area contributed by atoms with Crippen LogP contribution < -0.4 is 16.8 Å². The van der Waals surface area contributed by atoms with Gasteiger partial charge in [-0.3, -0.25) is 4.79 Å². The van der Waals surface area contributed by atoms with E-state index in [0.29, 0.717) is 41.4 Å². The molecule has 1 unspecified atom stereocenters. The highest BCUT2D eigenvalue weighted by Crippen LogP contribution is 2.40. The minimum Gasteiger partial charge on any atom is -0.326 e. The summed E-state index contributed by atoms with van der Waals surface area (Å²) in [4.78, 5) is 13.4. The molecule has 3 aromatic carbocycles. The monoisotopic (exact) mass is 522 g/mol. The number of aromatic nitrogens is 2. The Morgan fingerprint density at radius 3 is 2.56 bits per heavy atom. The predicted octanol–water partition coefficient (Wildman–Crippen LogP) is 5.30. The van der Waals surface area contributed by atoms with Gasteiger partial charge in [0.15, 0.2) is 0 Å². The summed E-state index contributed by atoms with van der Waals surface area (Å²) in [7, 11) is 0. The van der Waals surface area contributed by atoms with Crippen molar-refractivity contribution in [2.45, 2.75) is 44.7 Å². The number of benzene rings is 3. The van der Waals surface area contributed by atoms with E-state index < -0.39 is 17.3 Å². The van der Waals surface area contributed by atoms with Crippen LogP contribution in [0.25, 0.3) is 5.69 Å². The highest BCUT2D eigenvalue weighted by molar-refractivity contribution is 6.03. The highest BCUT2D eigenvalue weighted by atomic mass is 19.1. The Balaban J connectivity index is 1.48. The lowest BCUT2D eigenvalue weighted by molar-refractivity contribution is 0.101. The first-order valence-electron chi connectivity index (χ1n) is 13.1. The number of nitrogens with two attached hydrogens (primary N) is 2. The topological polar surface area (TPSA) is 123 Å². The number of halogens is 1. The van der Waals surface area contributed by atoms with Gasteiger partial charge in [-0.25, -0.2) is 9.07 Å². The van der Waals surface area contributed by atoms with E-state index in [1.807, 2.05) is 36.4 Å². The third kappa shape index (κ3) is 5.60. The number of carbonyl (C=O) groups is 1. The van der Waals surface area contributed by atoms with E-state index in [2.05, 4.69) is 16.5 Å². The Kier molecular flexibility index (Phi) is 7.29. The first-order valence-corrected chi connectivity index (χ1v) is 13.1. The zero-order chi connectivity index (χ0) is 27.6. The normalized spacial score (nSPS) is 14.4. The standard InChI is InChI=1S/C31H31FN6O/c1-20-15-29(38(37-20)26-4-2-3-23(16-26)19-34)30(39)36-28-17-25(11-12-27(28)32)31(35,14-13-21-5-6-21)24-9-7-22(18-33)8-10-24/h2-4,7-12,15-17,21H,5-6,13-14,19,34-35H2,1H3,(H,36,39). The van der Waals surface area contributed by atoms with Crippen LogP contribution in [0.2, 0.25) is 0 Å². The van der Waals surface area contributed by atoms with Crippen molar-refractivity contribution < 1.29 is 9.18 Å². The summed E-state index contributed by atoms with van der Waals surface area (Å²) in [6, 6.07) is 23.0. The Morgan fingerprint density at radius 2 is 1.87 bits per heavy atom. The molecule has 1 aromatic heterocycles. The van der Waals surface area contributed by atoms with Crippen molar-refractivity contribution in [2.75, 3.05) is 5.32 Å². The van der Waals surface area contributed by atoms with Crippen molar-refractivity contribution in [2.24, 2.45) is 17.4 Å². The summed E-state index contributed by atoms with van der Waals surface area (Å²) >= 11 is 0. The predicted molar refractivity (Wildman–Crippen MR) is 149 cm³/mol. The quantitative estimate of drug-likeness (QED) is 0.275. The van der Waals surface area contributed by atoms with Crippen LogP contribution in [0.1, 0.15) is 64.1 Å². The van der Waals surface area contributed by atoms with Gasteiger partial charge >= 0.3 is 0 Å². The molecule has 1 amide bonds. The molecule has 1 saturated carbocycles. The van der Waals surface area contributed by atoms with E-state index >= 15 is 4.39 Å². The number of hydrogen-bond donors (Lipinski definition) is 3. The van der Waals surface area contributed by atoms with Gasteiger partial charge in [-0.15, -0.1) is 0 Å². The molecule has 198 valence electrons. The average molecular weight is 523 g/mol. The zero-order valence-electron chi connectivity index (χ0n) is 21.8. The van der Waals surface area contributed by atoms with Crippen LogP contribution in [0.4, 0.5) is 10.1 Å². The second kappa shape index (κ2) is 10.8. The second-order valence-corrected chi connectivity index (χ2v) is 10.2. The van der Waals surface area contributed by atoms with E-state index in [-0.39, 0.29) is 11.4 Å². The third-order valence-electron chi connectivity index (χ3n) is 7.36. The Labute approximate surface area is 227 Å². The van der Waals surface area contributed by atoms with Crippen LogP contribution in [0, 0.1) is 30.0 Å². The van der Waals surface area contributed by atoms with Gasteiger partial charge in [-0.05, 0) is 84.8 Å². The molecular weight excluding hydrogens is 491 g/mol. The van der Waals surface area contributed by atoms with Crippen LogP contribution in [0.3, 0.4) is 0 Å². The fraction of sp³-hybridized carbons (Fsp3) is 0.258. The molecule has 1 aliphatic rings. The van der Waals surface area contributed by atoms with Crippen molar-refractivity contribution in [3.63, 3.8) is 0 Å². The van der Waals surface area contributed by atoms with Crippen molar-refractivity contribution in [1.82, 2.24) is 9.78 Å². The number of rotatable bonds is 9. The van der Waals surface area contributed by atoms with E-state index in [1.54, 1.807) is 37.3 Å². The molecule has 1 aliphatic carbocycles. The lowest BCUT2D eigenvalue weighted by Crippen LogP contribution is -2.38. The summed E-state index contributed by atoms with van der Waals surface area (Å²) < 4.78 is 16.6. The first-order chi connectivity index (χ1) is 18.8. The molecule has 1 atom stereocenters. The molecule has 1 fully saturated rings. The van der Waals surface area contributed by atoms with Crippen LogP contribution in [-0.2, 0) is 12.1 Å². The highest BCUT2D eigenvalue weighted by Gasteiger charge is 2.33. The van der Waals surface area contributed by atoms with Crippen molar-refractivity contribution in [3.05, 3.63) is 112 Å². The van der Waals surface area contributed by atoms with Gasteiger partial charge in [-0.2, -0.15) is 10.4 Å². The summed E-state index contributed by atoms with van der Waals surface area (Å²) in [5.41, 5.74) is 16.5. The SMILES string of the molecule is Cc1cc(C(=O)Nc2cc(C(N)(CCC3CC3)c3ccc(C#N)cc3)ccc2F)n(-c2cccc(CN)c2)n1. The Morgan fingerprint density at radius 1 is 1.13 bits per heavy atom. The van der Waals surface area contributed by atoms with Gasteiger partial charge in [0.25, 0.3) is 5.91 Å². The van der Waals surface area contributed by atoms with Crippen molar-refractivity contribution in [3.8, 4) is 11.8 Å². The molecule has 1 heterocycles. The van der Waals surface area contributed by atoms with E-state index in [9.17, 15) is 10.1 Å². The molecule has 0 saturated heterocycles. The molecule has 0 radical (unpaired) electrons. The second-order valence-electron chi connectivity index (χ2n) is 10.2. The van der Waals surface area contributed by atoms with Crippen molar-refractivity contribution in [1.29, 1.82) is 5.26 Å². The lowest BCUT2D eigenvalue weighted by Gasteiger charge is -2.31. The number of nitriles is 1. The Hall–Kier alpha value is -4.32. The van der Waals surface area contributed by atoms with Crippen LogP contribution in [0.15, 0.2) is 72.8 Å². The fourth-order valence-corrected chi connectivity index (χ4v) is 4.89. The number of aryl methyl sites for hydroxylation is 1. The first kappa shape index (κ1) is 26.3. The number of nitrogens with zero attached hydrogens (tertiary/aromatic N) is 3. The molecule has 5 N–H and O–H groups in total. The van der Waals surface area contributed by atoms with Gasteiger partial charge in [0.1, 0.15) is 11.5 Å². The summed E-state index contributed by atoms with van der Waals surface area (Å²) in [5, 5.41) is 16.4. The largest absolute Gasteiger partial charge is 0.326 e. The van der Waals surface area contributed by atoms with Crippen molar-refractivity contribution >= 4 is 11.6 Å². The summed E-state index contributed by atoms with van der Waals surface area (Å²) in [6.45, 7) is 2.15. The van der Waals surface area contributed by atoms with E-state index in [1.165, 1.54) is 23.6 Å². The molecule has 4 aromatic rings. The van der Waals surface area contributed by atoms with Crippen LogP contribution >= 0.6 is 0 Å². The summed E-state index contributed by atoms with van der Waals surface area (Å²) in [6.07, 6.45) is 3.98. The Bertz CT molecular complexity index is 1550. The third-order valence-corrected chi connectivity index (χ3v) is 7.36. The number of hydrogen-bond acceptors (Lipinski definition) is 5. The smallest absolute Gasteiger partial charge is 0.274 e. The lowest BCUT2D eigenvalue weighted by atomic mass is 9.79. The molecule has 0 spiro atoms. The van der Waals surface area contributed by atoms with Gasteiger partial charge in [-0.1, -0.05) is 43.2 Å². The number of anilines is 1. The maximum Gasteiger partial charge on any atom is 0.274 e. The maximum absolute atomic E-state index is 15.1. The average Bonchev–Trinajstić information content (AvgIpc) is 3.71. The van der Waals surface area contributed by atoms with Gasteiger partial charge in [0, 0.05) is 6.54 Å². The molecule has 0 bridgehead atoms. The number of nitrogens with one attached hydrogen (secondary N) is 1.